The Bertz CT molecular complexity index is 1770. The Hall–Kier alpha value is -2.58. The fourth-order valence-corrected chi connectivity index (χ4v) is 7.95. The van der Waals surface area contributed by atoms with E-state index in [1.165, 1.54) is 10.9 Å². The summed E-state index contributed by atoms with van der Waals surface area (Å²) in [7, 11) is 0.434. The minimum absolute atomic E-state index is 0.0128. The molecule has 0 spiro atoms. The maximum absolute atomic E-state index is 14.4. The van der Waals surface area contributed by atoms with Gasteiger partial charge < -0.3 is 33.0 Å². The molecule has 1 aliphatic heterocycles. The van der Waals surface area contributed by atoms with Crippen LogP contribution in [0.15, 0.2) is 60.9 Å². The molecule has 10 heteroatoms. The first-order chi connectivity index (χ1) is 25.0. The van der Waals surface area contributed by atoms with Gasteiger partial charge in [0.15, 0.2) is 12.1 Å². The number of carbonyl (C=O) groups excluding carboxylic acids is 1. The molecule has 4 aromatic rings. The fourth-order valence-electron chi connectivity index (χ4n) is 6.13. The third-order valence-electron chi connectivity index (χ3n) is 11.2. The number of nitrogens with one attached hydrogen (secondary N) is 2. The summed E-state index contributed by atoms with van der Waals surface area (Å²) in [6.07, 6.45) is 2.94. The topological polar surface area (TPSA) is 94.8 Å². The second kappa shape index (κ2) is 17.5. The number of benzene rings is 2. The number of hydrogen-bond acceptors (Lipinski definition) is 6. The van der Waals surface area contributed by atoms with Gasteiger partial charge in [0.2, 0.25) is 19.5 Å². The molecule has 8 nitrogen and oxygen atoms in total. The largest absolute Gasteiger partial charge is 0.411 e. The number of Topliss-reactive ketones (excluding diaryl/α,β-unsaturated/α-hetero) is 1. The standard InChI is InChI=1S/C43H62N2O6Si2/c1-27(2)42(8,9)52-50-35-24-36(51-53-43(10,11)28(3)4)40(48-23-21-30-26-45-34-19-15-13-17-32(30)34)49-37(35)38(39(46)41(5,6)7)47-22-20-29-25-44-33-18-14-12-16-31(29)33/h12-19,25-28,35-38,40,44-45H,20-24H2,1-11H3/t35-,36+,37-,38?,40-/m0/s1. The molecule has 5 atom stereocenters. The van der Waals surface area contributed by atoms with Gasteiger partial charge in [-0.3, -0.25) is 4.79 Å². The van der Waals surface area contributed by atoms with E-state index >= 15 is 0 Å². The molecule has 0 bridgehead atoms. The molecule has 5 rings (SSSR count). The zero-order valence-electron chi connectivity index (χ0n) is 33.8. The average molecular weight is 759 g/mol. The van der Waals surface area contributed by atoms with Gasteiger partial charge in [0.25, 0.3) is 0 Å². The van der Waals surface area contributed by atoms with E-state index in [2.05, 4.69) is 102 Å². The highest BCUT2D eigenvalue weighted by molar-refractivity contribution is 6.32. The maximum atomic E-state index is 14.4. The highest BCUT2D eigenvalue weighted by Gasteiger charge is 2.49. The van der Waals surface area contributed by atoms with Crippen molar-refractivity contribution in [3.05, 3.63) is 72.1 Å². The van der Waals surface area contributed by atoms with Gasteiger partial charge in [-0.05, 0) is 58.0 Å². The van der Waals surface area contributed by atoms with Crippen LogP contribution in [0.3, 0.4) is 0 Å². The lowest BCUT2D eigenvalue weighted by Crippen LogP contribution is -2.59. The van der Waals surface area contributed by atoms with Gasteiger partial charge in [0, 0.05) is 46.0 Å². The smallest absolute Gasteiger partial charge is 0.237 e. The fraction of sp³-hybridized carbons (Fsp3) is 0.605. The maximum Gasteiger partial charge on any atom is 0.237 e. The Morgan fingerprint density at radius 3 is 1.75 bits per heavy atom. The van der Waals surface area contributed by atoms with Gasteiger partial charge in [-0.15, -0.1) is 0 Å². The van der Waals surface area contributed by atoms with Crippen LogP contribution in [0.25, 0.3) is 21.8 Å². The zero-order valence-corrected chi connectivity index (χ0v) is 35.8. The molecule has 1 aliphatic rings. The van der Waals surface area contributed by atoms with E-state index < -0.39 is 30.0 Å². The van der Waals surface area contributed by atoms with Gasteiger partial charge in [-0.25, -0.2) is 0 Å². The van der Waals surface area contributed by atoms with E-state index in [1.54, 1.807) is 0 Å². The number of H-pyrrole nitrogens is 2. The van der Waals surface area contributed by atoms with E-state index in [-0.39, 0.29) is 41.5 Å². The molecular formula is C43H62N2O6Si2. The average Bonchev–Trinajstić information content (AvgIpc) is 3.72. The molecule has 3 heterocycles. The van der Waals surface area contributed by atoms with Crippen molar-refractivity contribution in [1.29, 1.82) is 0 Å². The highest BCUT2D eigenvalue weighted by Crippen LogP contribution is 2.39. The van der Waals surface area contributed by atoms with Crippen molar-refractivity contribution in [1.82, 2.24) is 9.97 Å². The van der Waals surface area contributed by atoms with Crippen molar-refractivity contribution in [3.8, 4) is 0 Å². The number of aromatic amines is 2. The van der Waals surface area contributed by atoms with Gasteiger partial charge in [0.05, 0.1) is 25.4 Å². The van der Waals surface area contributed by atoms with Crippen molar-refractivity contribution >= 4 is 47.1 Å². The Morgan fingerprint density at radius 2 is 1.25 bits per heavy atom. The van der Waals surface area contributed by atoms with Crippen molar-refractivity contribution < 1.29 is 27.9 Å². The number of ketones is 1. The monoisotopic (exact) mass is 758 g/mol. The van der Waals surface area contributed by atoms with Gasteiger partial charge in [-0.2, -0.15) is 0 Å². The first kappa shape index (κ1) is 41.6. The molecule has 0 amide bonds. The van der Waals surface area contributed by atoms with Crippen LogP contribution >= 0.6 is 0 Å². The Balaban J connectivity index is 1.43. The van der Waals surface area contributed by atoms with Crippen LogP contribution in [-0.2, 0) is 40.7 Å². The molecule has 288 valence electrons. The Kier molecular flexibility index (Phi) is 13.7. The number of fused-ring (bicyclic) bond motifs is 2. The second-order valence-corrected chi connectivity index (χ2v) is 20.9. The van der Waals surface area contributed by atoms with Crippen LogP contribution in [-0.4, -0.2) is 79.2 Å². The van der Waals surface area contributed by atoms with Crippen LogP contribution in [0.1, 0.15) is 93.7 Å². The molecule has 1 saturated heterocycles. The summed E-state index contributed by atoms with van der Waals surface area (Å²) in [6.45, 7) is 24.5. The highest BCUT2D eigenvalue weighted by atomic mass is 28.2. The second-order valence-electron chi connectivity index (χ2n) is 17.5. The number of para-hydroxylation sites is 2. The van der Waals surface area contributed by atoms with E-state index in [4.69, 9.17) is 23.1 Å². The molecule has 4 radical (unpaired) electrons. The summed E-state index contributed by atoms with van der Waals surface area (Å²) in [5.41, 5.74) is 3.87. The summed E-state index contributed by atoms with van der Waals surface area (Å²) >= 11 is 0. The molecule has 0 saturated carbocycles. The van der Waals surface area contributed by atoms with Crippen LogP contribution in [0, 0.1) is 17.3 Å². The molecule has 2 N–H and O–H groups in total. The minimum atomic E-state index is -0.854. The third-order valence-corrected chi connectivity index (χ3v) is 14.3. The first-order valence-electron chi connectivity index (χ1n) is 19.4. The normalized spacial score (nSPS) is 20.9. The van der Waals surface area contributed by atoms with Gasteiger partial charge in [0.1, 0.15) is 12.2 Å². The third kappa shape index (κ3) is 10.4. The summed E-state index contributed by atoms with van der Waals surface area (Å²) in [4.78, 5) is 21.1. The summed E-state index contributed by atoms with van der Waals surface area (Å²) < 4.78 is 34.0. The van der Waals surface area contributed by atoms with Crippen molar-refractivity contribution in [2.75, 3.05) is 13.2 Å². The summed E-state index contributed by atoms with van der Waals surface area (Å²) in [5, 5.41) is 2.26. The van der Waals surface area contributed by atoms with Crippen LogP contribution in [0.4, 0.5) is 0 Å². The van der Waals surface area contributed by atoms with E-state index in [9.17, 15) is 4.79 Å². The summed E-state index contributed by atoms with van der Waals surface area (Å²) in [5.74, 6) is 0.824. The zero-order chi connectivity index (χ0) is 38.6. The molecule has 1 unspecified atom stereocenters. The lowest BCUT2D eigenvalue weighted by atomic mass is 9.83. The predicted molar refractivity (Wildman–Crippen MR) is 216 cm³/mol. The molecule has 53 heavy (non-hydrogen) atoms. The number of carbonyl (C=O) groups is 1. The van der Waals surface area contributed by atoms with Crippen molar-refractivity contribution in [2.24, 2.45) is 17.3 Å². The number of ether oxygens (including phenoxy) is 3. The lowest BCUT2D eigenvalue weighted by Gasteiger charge is -2.45. The van der Waals surface area contributed by atoms with Gasteiger partial charge in [-0.1, -0.05) is 113 Å². The first-order valence-corrected chi connectivity index (χ1v) is 21.2. The predicted octanol–water partition coefficient (Wildman–Crippen LogP) is 9.28. The van der Waals surface area contributed by atoms with Crippen LogP contribution in [0.2, 0.25) is 10.1 Å². The number of aromatic nitrogens is 2. The van der Waals surface area contributed by atoms with Crippen molar-refractivity contribution in [3.63, 3.8) is 0 Å². The SMILES string of the molecule is CC(C)C(C)(C)[Si]O[C@H]1C[C@@H](O[Si]C(C)(C)C(C)C)[C@@H](OCCc2c[nH]c3ccccc23)O[C@@H]1C(OCCc1c[nH]c2ccccc12)C(=O)C(C)(C)C. The number of hydrogen-bond donors (Lipinski definition) is 2. The quantitative estimate of drug-likeness (QED) is 0.0983. The molecule has 0 aliphatic carbocycles. The lowest BCUT2D eigenvalue weighted by molar-refractivity contribution is -0.274. The van der Waals surface area contributed by atoms with Crippen molar-refractivity contribution in [2.45, 2.75) is 136 Å². The number of rotatable bonds is 18. The van der Waals surface area contributed by atoms with Gasteiger partial charge >= 0.3 is 0 Å². The van der Waals surface area contributed by atoms with E-state index in [0.29, 0.717) is 44.3 Å². The Morgan fingerprint density at radius 1 is 0.755 bits per heavy atom. The molecule has 2 aromatic heterocycles. The summed E-state index contributed by atoms with van der Waals surface area (Å²) in [6, 6.07) is 16.6. The molecular weight excluding hydrogens is 697 g/mol. The van der Waals surface area contributed by atoms with E-state index in [0.717, 1.165) is 22.0 Å². The molecule has 2 aromatic carbocycles. The molecule has 1 fully saturated rings. The van der Waals surface area contributed by atoms with Crippen LogP contribution in [0.5, 0.6) is 0 Å². The van der Waals surface area contributed by atoms with Crippen LogP contribution < -0.4 is 0 Å². The Labute approximate surface area is 322 Å². The minimum Gasteiger partial charge on any atom is -0.411 e. The van der Waals surface area contributed by atoms with E-state index in [1.807, 2.05) is 45.2 Å².